The molecule has 11 rings (SSSR count). The molecule has 15 nitrogen and oxygen atoms in total. The van der Waals surface area contributed by atoms with Gasteiger partial charge in [0.2, 0.25) is 0 Å². The highest BCUT2D eigenvalue weighted by Gasteiger charge is 2.59. The second kappa shape index (κ2) is 14.2. The van der Waals surface area contributed by atoms with Crippen LogP contribution in [0.5, 0.6) is 0 Å². The standard InChI is InChI=1S/C49H47N11O4/c1-8-39-31(6)37(13-14-50-39)32-9-11-42-33(21-32)23-43(59(42)49(24-29(49)4)46-52-47(62)64-54-46)45(61)58-26-38-40(20-30(58)5)53-60(36-18-27(2)17-28(3)19-36)44(38)57-16-15-56(48(57)63)35-10-12-41-34(22-35)25-51-55(41)7/h9-19,21-23,25,29-30H,8,20,24,26H2,1-7H3,(H,52,54,62)/t29-,30?,49-/m0/s1. The zero-order valence-electron chi connectivity index (χ0n) is 36.7. The van der Waals surface area contributed by atoms with Crippen molar-refractivity contribution in [2.24, 2.45) is 13.0 Å². The molecule has 6 aromatic heterocycles. The minimum absolute atomic E-state index is 0.0346. The summed E-state index contributed by atoms with van der Waals surface area (Å²) in [4.78, 5) is 52.0. The molecule has 15 heteroatoms. The number of amides is 1. The molecule has 1 unspecified atom stereocenters. The third-order valence-corrected chi connectivity index (χ3v) is 13.6. The van der Waals surface area contributed by atoms with Crippen molar-refractivity contribution in [1.82, 2.24) is 53.3 Å². The molecular weight excluding hydrogens is 807 g/mol. The number of aromatic amines is 1. The molecule has 7 heterocycles. The molecule has 1 saturated carbocycles. The predicted molar refractivity (Wildman–Crippen MR) is 243 cm³/mol. The Morgan fingerprint density at radius 2 is 1.67 bits per heavy atom. The van der Waals surface area contributed by atoms with Crippen LogP contribution in [-0.4, -0.2) is 65.2 Å². The van der Waals surface area contributed by atoms with Gasteiger partial charge in [0.15, 0.2) is 5.82 Å². The molecule has 0 bridgehead atoms. The Kier molecular flexibility index (Phi) is 8.75. The van der Waals surface area contributed by atoms with Crippen LogP contribution in [0.4, 0.5) is 0 Å². The molecule has 0 saturated heterocycles. The molecule has 3 aromatic carbocycles. The molecule has 1 aliphatic carbocycles. The molecule has 64 heavy (non-hydrogen) atoms. The third kappa shape index (κ3) is 5.89. The van der Waals surface area contributed by atoms with E-state index in [4.69, 9.17) is 9.62 Å². The summed E-state index contributed by atoms with van der Waals surface area (Å²) in [6.45, 7) is 12.6. The number of benzene rings is 3. The molecular formula is C49H47N11O4. The van der Waals surface area contributed by atoms with Gasteiger partial charge < -0.3 is 9.47 Å². The van der Waals surface area contributed by atoms with E-state index in [1.807, 2.05) is 73.9 Å². The van der Waals surface area contributed by atoms with E-state index in [-0.39, 0.29) is 30.1 Å². The van der Waals surface area contributed by atoms with Crippen LogP contribution in [0.1, 0.15) is 77.1 Å². The molecule has 1 aliphatic heterocycles. The van der Waals surface area contributed by atoms with Gasteiger partial charge in [0.25, 0.3) is 5.91 Å². The number of pyridine rings is 1. The summed E-state index contributed by atoms with van der Waals surface area (Å²) in [7, 11) is 1.89. The number of imidazole rings is 1. The van der Waals surface area contributed by atoms with E-state index in [1.165, 1.54) is 0 Å². The van der Waals surface area contributed by atoms with Crippen molar-refractivity contribution in [1.29, 1.82) is 0 Å². The van der Waals surface area contributed by atoms with Crippen molar-refractivity contribution in [2.75, 3.05) is 0 Å². The summed E-state index contributed by atoms with van der Waals surface area (Å²) in [6.07, 6.45) is 9.10. The number of carbonyl (C=O) groups is 1. The Hall–Kier alpha value is -7.55. The van der Waals surface area contributed by atoms with Crippen LogP contribution in [0.2, 0.25) is 0 Å². The third-order valence-electron chi connectivity index (χ3n) is 13.6. The minimum Gasteiger partial charge on any atom is -0.330 e. The molecule has 1 N–H and O–H groups in total. The Balaban J connectivity index is 1.06. The maximum atomic E-state index is 15.6. The van der Waals surface area contributed by atoms with Crippen molar-refractivity contribution < 1.29 is 9.32 Å². The summed E-state index contributed by atoms with van der Waals surface area (Å²) in [5.74, 6) is 0.163. The largest absolute Gasteiger partial charge is 0.438 e. The van der Waals surface area contributed by atoms with Crippen molar-refractivity contribution >= 4 is 27.7 Å². The van der Waals surface area contributed by atoms with Gasteiger partial charge in [-0.05, 0) is 129 Å². The van der Waals surface area contributed by atoms with Crippen molar-refractivity contribution in [2.45, 2.75) is 78.9 Å². The zero-order chi connectivity index (χ0) is 44.3. The van der Waals surface area contributed by atoms with Gasteiger partial charge in [-0.1, -0.05) is 31.1 Å². The number of aromatic nitrogens is 10. The average Bonchev–Trinajstić information content (AvgIpc) is 3.89. The van der Waals surface area contributed by atoms with Crippen LogP contribution in [0.25, 0.3) is 50.1 Å². The number of nitrogens with one attached hydrogen (secondary N) is 1. The van der Waals surface area contributed by atoms with Gasteiger partial charge in [0, 0.05) is 65.6 Å². The minimum atomic E-state index is -0.819. The Morgan fingerprint density at radius 3 is 2.41 bits per heavy atom. The lowest BCUT2D eigenvalue weighted by Crippen LogP contribution is -2.44. The molecule has 322 valence electrons. The number of nitrogens with zero attached hydrogens (tertiary/aromatic N) is 10. The summed E-state index contributed by atoms with van der Waals surface area (Å²) >= 11 is 0. The maximum Gasteiger partial charge on any atom is 0.438 e. The molecule has 9 aromatic rings. The SMILES string of the molecule is CCc1nccc(-c2ccc3c(c2)cc(C(=O)N2Cc4c(nn(-c5cc(C)cc(C)c5)c4-n4ccn(-c5ccc6c(cnn6C)c5)c4=O)CC2C)n3[C@@]2(c3noc(=O)[nH]3)C[C@@H]2C)c1C. The van der Waals surface area contributed by atoms with E-state index in [0.29, 0.717) is 35.9 Å². The number of hydrogen-bond donors (Lipinski definition) is 1. The maximum absolute atomic E-state index is 15.6. The summed E-state index contributed by atoms with van der Waals surface area (Å²) in [6, 6.07) is 22.1. The fourth-order valence-corrected chi connectivity index (χ4v) is 10.3. The molecule has 0 radical (unpaired) electrons. The first-order valence-electron chi connectivity index (χ1n) is 21.7. The molecule has 3 atom stereocenters. The molecule has 1 fully saturated rings. The number of carbonyl (C=O) groups excluding carboxylic acids is 1. The first-order chi connectivity index (χ1) is 30.8. The van der Waals surface area contributed by atoms with Gasteiger partial charge in [-0.3, -0.25) is 33.1 Å². The van der Waals surface area contributed by atoms with E-state index in [1.54, 1.807) is 32.4 Å². The van der Waals surface area contributed by atoms with E-state index < -0.39 is 11.3 Å². The first-order valence-corrected chi connectivity index (χ1v) is 21.7. The lowest BCUT2D eigenvalue weighted by Gasteiger charge is -2.34. The van der Waals surface area contributed by atoms with Gasteiger partial charge in [0.05, 0.1) is 35.3 Å². The van der Waals surface area contributed by atoms with Crippen molar-refractivity contribution in [3.05, 3.63) is 158 Å². The zero-order valence-corrected chi connectivity index (χ0v) is 36.7. The summed E-state index contributed by atoms with van der Waals surface area (Å²) in [5.41, 5.74) is 10.7. The van der Waals surface area contributed by atoms with Crippen LogP contribution < -0.4 is 11.4 Å². The Labute approximate surface area is 367 Å². The van der Waals surface area contributed by atoms with Gasteiger partial charge in [-0.25, -0.2) is 14.3 Å². The average molecular weight is 854 g/mol. The molecule has 2 aliphatic rings. The quantitative estimate of drug-likeness (QED) is 0.167. The van der Waals surface area contributed by atoms with E-state index in [0.717, 1.165) is 78.7 Å². The highest BCUT2D eigenvalue weighted by molar-refractivity contribution is 6.00. The van der Waals surface area contributed by atoms with E-state index in [2.05, 4.69) is 82.0 Å². The van der Waals surface area contributed by atoms with E-state index in [9.17, 15) is 9.59 Å². The fourth-order valence-electron chi connectivity index (χ4n) is 10.3. The number of H-pyrrole nitrogens is 1. The Morgan fingerprint density at radius 1 is 0.906 bits per heavy atom. The van der Waals surface area contributed by atoms with Crippen LogP contribution in [-0.2, 0) is 32.0 Å². The highest BCUT2D eigenvalue weighted by Crippen LogP contribution is 2.56. The first kappa shape index (κ1) is 39.3. The van der Waals surface area contributed by atoms with Gasteiger partial charge in [-0.15, -0.1) is 0 Å². The Bertz CT molecular complexity index is 3480. The van der Waals surface area contributed by atoms with E-state index >= 15 is 4.79 Å². The number of hydrogen-bond acceptors (Lipinski definition) is 8. The molecule has 1 amide bonds. The van der Waals surface area contributed by atoms with Crippen LogP contribution in [0, 0.1) is 26.7 Å². The lowest BCUT2D eigenvalue weighted by molar-refractivity contribution is 0.0643. The summed E-state index contributed by atoms with van der Waals surface area (Å²) in [5, 5.41) is 15.6. The number of aryl methyl sites for hydroxylation is 4. The number of rotatable bonds is 8. The van der Waals surface area contributed by atoms with Crippen molar-refractivity contribution in [3.63, 3.8) is 0 Å². The van der Waals surface area contributed by atoms with Gasteiger partial charge >= 0.3 is 11.4 Å². The highest BCUT2D eigenvalue weighted by atomic mass is 16.5. The second-order valence-electron chi connectivity index (χ2n) is 17.7. The van der Waals surface area contributed by atoms with Crippen LogP contribution >= 0.6 is 0 Å². The normalized spacial score (nSPS) is 18.3. The van der Waals surface area contributed by atoms with Crippen LogP contribution in [0.15, 0.2) is 106 Å². The smallest absolute Gasteiger partial charge is 0.330 e. The summed E-state index contributed by atoms with van der Waals surface area (Å²) < 4.78 is 14.1. The topological polar surface area (TPSA) is 160 Å². The fraction of sp³-hybridized carbons (Fsp3) is 0.286. The monoisotopic (exact) mass is 853 g/mol. The predicted octanol–water partition coefficient (Wildman–Crippen LogP) is 7.25. The second-order valence-corrected chi connectivity index (χ2v) is 17.7. The van der Waals surface area contributed by atoms with Gasteiger partial charge in [0.1, 0.15) is 17.1 Å². The number of fused-ring (bicyclic) bond motifs is 3. The van der Waals surface area contributed by atoms with Crippen molar-refractivity contribution in [3.8, 4) is 28.3 Å². The lowest BCUT2D eigenvalue weighted by atomic mass is 9.98. The van der Waals surface area contributed by atoms with Gasteiger partial charge in [-0.2, -0.15) is 10.2 Å². The van der Waals surface area contributed by atoms with Crippen LogP contribution in [0.3, 0.4) is 0 Å². The molecule has 0 spiro atoms.